The Bertz CT molecular complexity index is 723. The van der Waals surface area contributed by atoms with Crippen LogP contribution in [0.2, 0.25) is 0 Å². The number of aryl methyl sites for hydroxylation is 1. The quantitative estimate of drug-likeness (QED) is 0.908. The number of carbonyl (C=O) groups excluding carboxylic acids is 1. The maximum Gasteiger partial charge on any atom is 0.256 e. The van der Waals surface area contributed by atoms with E-state index in [0.717, 1.165) is 18.7 Å². The average Bonchev–Trinajstić information content (AvgIpc) is 3.12. The first kappa shape index (κ1) is 15.1. The fourth-order valence-electron chi connectivity index (χ4n) is 3.03. The number of rotatable bonds is 5. The lowest BCUT2D eigenvalue weighted by Gasteiger charge is -2.22. The van der Waals surface area contributed by atoms with Crippen molar-refractivity contribution in [3.8, 4) is 0 Å². The molecule has 1 saturated heterocycles. The van der Waals surface area contributed by atoms with Crippen LogP contribution in [0.25, 0.3) is 0 Å². The molecule has 1 atom stereocenters. The summed E-state index contributed by atoms with van der Waals surface area (Å²) in [7, 11) is 0. The summed E-state index contributed by atoms with van der Waals surface area (Å²) in [4.78, 5) is 23.4. The zero-order chi connectivity index (χ0) is 16.5. The second-order valence-corrected chi connectivity index (χ2v) is 6.41. The van der Waals surface area contributed by atoms with Crippen LogP contribution in [0.4, 0.5) is 5.82 Å². The van der Waals surface area contributed by atoms with Gasteiger partial charge in [-0.05, 0) is 37.8 Å². The van der Waals surface area contributed by atoms with Crippen LogP contribution in [0, 0.1) is 0 Å². The van der Waals surface area contributed by atoms with Gasteiger partial charge in [-0.3, -0.25) is 4.79 Å². The summed E-state index contributed by atoms with van der Waals surface area (Å²) in [5.74, 6) is 2.03. The molecule has 126 valence electrons. The SMILES string of the molecule is CCc1nc([C@@H]2CCCN2C(=O)c2ccc(NC3CC3)nc2)no1. The van der Waals surface area contributed by atoms with Crippen molar-refractivity contribution in [1.29, 1.82) is 0 Å². The molecule has 2 fully saturated rings. The van der Waals surface area contributed by atoms with Crippen molar-refractivity contribution in [3.63, 3.8) is 0 Å². The molecule has 1 aliphatic heterocycles. The van der Waals surface area contributed by atoms with Crippen molar-refractivity contribution in [2.24, 2.45) is 0 Å². The Morgan fingerprint density at radius 2 is 2.25 bits per heavy atom. The van der Waals surface area contributed by atoms with Crippen LogP contribution in [0.15, 0.2) is 22.9 Å². The predicted octanol–water partition coefficient (Wildman–Crippen LogP) is 2.58. The van der Waals surface area contributed by atoms with E-state index in [2.05, 4.69) is 20.4 Å². The molecule has 1 aliphatic carbocycles. The molecule has 0 spiro atoms. The number of amides is 1. The molecule has 2 aromatic rings. The standard InChI is InChI=1S/C17H21N5O2/c1-2-15-20-16(21-24-15)13-4-3-9-22(13)17(23)11-5-8-14(18-10-11)19-12-6-7-12/h5,8,10,12-13H,2-4,6-7,9H2,1H3,(H,18,19)/t13-/m0/s1. The van der Waals surface area contributed by atoms with Gasteiger partial charge in [-0.15, -0.1) is 0 Å². The van der Waals surface area contributed by atoms with E-state index >= 15 is 0 Å². The van der Waals surface area contributed by atoms with Crippen molar-refractivity contribution in [2.45, 2.75) is 51.1 Å². The van der Waals surface area contributed by atoms with E-state index in [9.17, 15) is 4.79 Å². The van der Waals surface area contributed by atoms with E-state index in [0.29, 0.717) is 36.3 Å². The molecule has 0 aromatic carbocycles. The maximum absolute atomic E-state index is 12.8. The van der Waals surface area contributed by atoms with Crippen LogP contribution in [-0.4, -0.2) is 38.5 Å². The van der Waals surface area contributed by atoms with Crippen molar-refractivity contribution >= 4 is 11.7 Å². The fraction of sp³-hybridized carbons (Fsp3) is 0.529. The second-order valence-electron chi connectivity index (χ2n) is 6.41. The normalized spacial score (nSPS) is 20.4. The van der Waals surface area contributed by atoms with Gasteiger partial charge >= 0.3 is 0 Å². The Morgan fingerprint density at radius 3 is 2.92 bits per heavy atom. The van der Waals surface area contributed by atoms with Crippen LogP contribution in [0.1, 0.15) is 60.7 Å². The van der Waals surface area contributed by atoms with Crippen LogP contribution < -0.4 is 5.32 Å². The van der Waals surface area contributed by atoms with Gasteiger partial charge in [0.1, 0.15) is 5.82 Å². The number of hydrogen-bond donors (Lipinski definition) is 1. The molecule has 1 N–H and O–H groups in total. The predicted molar refractivity (Wildman–Crippen MR) is 87.6 cm³/mol. The van der Waals surface area contributed by atoms with Gasteiger partial charge in [0, 0.05) is 25.2 Å². The Morgan fingerprint density at radius 1 is 1.38 bits per heavy atom. The summed E-state index contributed by atoms with van der Waals surface area (Å²) in [6, 6.07) is 4.15. The molecule has 1 saturated carbocycles. The first-order chi connectivity index (χ1) is 11.7. The number of carbonyl (C=O) groups is 1. The van der Waals surface area contributed by atoms with E-state index in [1.807, 2.05) is 24.0 Å². The van der Waals surface area contributed by atoms with Gasteiger partial charge in [-0.1, -0.05) is 12.1 Å². The highest BCUT2D eigenvalue weighted by Gasteiger charge is 2.34. The van der Waals surface area contributed by atoms with Crippen molar-refractivity contribution in [2.75, 3.05) is 11.9 Å². The highest BCUT2D eigenvalue weighted by Crippen LogP contribution is 2.31. The lowest BCUT2D eigenvalue weighted by atomic mass is 10.2. The third kappa shape index (κ3) is 2.98. The number of aromatic nitrogens is 3. The summed E-state index contributed by atoms with van der Waals surface area (Å²) in [6.07, 6.45) is 6.55. The van der Waals surface area contributed by atoms with E-state index in [4.69, 9.17) is 4.52 Å². The van der Waals surface area contributed by atoms with E-state index in [1.54, 1.807) is 6.20 Å². The highest BCUT2D eigenvalue weighted by atomic mass is 16.5. The maximum atomic E-state index is 12.8. The third-order valence-electron chi connectivity index (χ3n) is 4.54. The molecule has 1 amide bonds. The minimum atomic E-state index is -0.106. The Kier molecular flexibility index (Phi) is 3.92. The van der Waals surface area contributed by atoms with Gasteiger partial charge < -0.3 is 14.7 Å². The number of pyridine rings is 1. The molecule has 0 radical (unpaired) electrons. The first-order valence-electron chi connectivity index (χ1n) is 8.60. The Hall–Kier alpha value is -2.44. The van der Waals surface area contributed by atoms with Gasteiger partial charge in [0.05, 0.1) is 11.6 Å². The number of nitrogens with zero attached hydrogens (tertiary/aromatic N) is 4. The zero-order valence-corrected chi connectivity index (χ0v) is 13.7. The Balaban J connectivity index is 1.49. The van der Waals surface area contributed by atoms with Crippen molar-refractivity contribution < 1.29 is 9.32 Å². The highest BCUT2D eigenvalue weighted by molar-refractivity contribution is 5.94. The molecule has 7 nitrogen and oxygen atoms in total. The van der Waals surface area contributed by atoms with Crippen LogP contribution in [0.3, 0.4) is 0 Å². The monoisotopic (exact) mass is 327 g/mol. The van der Waals surface area contributed by atoms with Crippen LogP contribution in [-0.2, 0) is 6.42 Å². The molecule has 7 heteroatoms. The molecular weight excluding hydrogens is 306 g/mol. The summed E-state index contributed by atoms with van der Waals surface area (Å²) < 4.78 is 5.20. The molecule has 0 unspecified atom stereocenters. The lowest BCUT2D eigenvalue weighted by Crippen LogP contribution is -2.31. The van der Waals surface area contributed by atoms with Crippen LogP contribution >= 0.6 is 0 Å². The number of nitrogens with one attached hydrogen (secondary N) is 1. The van der Waals surface area contributed by atoms with Gasteiger partial charge in [-0.2, -0.15) is 4.98 Å². The summed E-state index contributed by atoms with van der Waals surface area (Å²) in [5.41, 5.74) is 0.599. The molecule has 4 rings (SSSR count). The fourth-order valence-corrected chi connectivity index (χ4v) is 3.03. The minimum absolute atomic E-state index is 0.0224. The molecule has 0 bridgehead atoms. The minimum Gasteiger partial charge on any atom is -0.367 e. The largest absolute Gasteiger partial charge is 0.367 e. The van der Waals surface area contributed by atoms with E-state index < -0.39 is 0 Å². The zero-order valence-electron chi connectivity index (χ0n) is 13.7. The smallest absolute Gasteiger partial charge is 0.256 e. The summed E-state index contributed by atoms with van der Waals surface area (Å²) >= 11 is 0. The molecule has 24 heavy (non-hydrogen) atoms. The van der Waals surface area contributed by atoms with Gasteiger partial charge in [0.2, 0.25) is 5.89 Å². The summed E-state index contributed by atoms with van der Waals surface area (Å²) in [5, 5.41) is 7.37. The topological polar surface area (TPSA) is 84.2 Å². The first-order valence-corrected chi connectivity index (χ1v) is 8.60. The number of hydrogen-bond acceptors (Lipinski definition) is 6. The number of anilines is 1. The third-order valence-corrected chi connectivity index (χ3v) is 4.54. The Labute approximate surface area is 140 Å². The van der Waals surface area contributed by atoms with Crippen LogP contribution in [0.5, 0.6) is 0 Å². The second kappa shape index (κ2) is 6.22. The average molecular weight is 327 g/mol. The van der Waals surface area contributed by atoms with Gasteiger partial charge in [0.15, 0.2) is 5.82 Å². The lowest BCUT2D eigenvalue weighted by molar-refractivity contribution is 0.0728. The molecule has 2 aromatic heterocycles. The molecule has 2 aliphatic rings. The molecular formula is C17H21N5O2. The summed E-state index contributed by atoms with van der Waals surface area (Å²) in [6.45, 7) is 2.68. The van der Waals surface area contributed by atoms with E-state index in [-0.39, 0.29) is 11.9 Å². The number of likely N-dealkylation sites (tertiary alicyclic amines) is 1. The van der Waals surface area contributed by atoms with E-state index in [1.165, 1.54) is 12.8 Å². The molecule has 3 heterocycles. The van der Waals surface area contributed by atoms with Gasteiger partial charge in [0.25, 0.3) is 5.91 Å². The van der Waals surface area contributed by atoms with Gasteiger partial charge in [-0.25, -0.2) is 4.98 Å². The van der Waals surface area contributed by atoms with Crippen molar-refractivity contribution in [3.05, 3.63) is 35.6 Å². The van der Waals surface area contributed by atoms with Crippen molar-refractivity contribution in [1.82, 2.24) is 20.0 Å².